The van der Waals surface area contributed by atoms with E-state index >= 15 is 0 Å². The van der Waals surface area contributed by atoms with E-state index in [2.05, 4.69) is 0 Å². The SMILES string of the molecule is CCCOc1cccc(N2C(=O)C(=O)/C(=C(\O)c3ccc4c(c3)OCCO4)C2c2cccc(OC)c2)c1. The third-order valence-corrected chi connectivity index (χ3v) is 6.24. The number of carbonyl (C=O) groups is 2. The average molecular weight is 502 g/mol. The van der Waals surface area contributed by atoms with Crippen LogP contribution in [0.2, 0.25) is 0 Å². The zero-order chi connectivity index (χ0) is 25.9. The summed E-state index contributed by atoms with van der Waals surface area (Å²) in [6.07, 6.45) is 0.827. The zero-order valence-electron chi connectivity index (χ0n) is 20.6. The molecule has 0 aromatic heterocycles. The van der Waals surface area contributed by atoms with E-state index in [0.717, 1.165) is 6.42 Å². The van der Waals surface area contributed by atoms with Crippen molar-refractivity contribution in [2.45, 2.75) is 19.4 Å². The van der Waals surface area contributed by atoms with Gasteiger partial charge in [0.05, 0.1) is 25.3 Å². The predicted octanol–water partition coefficient (Wildman–Crippen LogP) is 4.88. The Morgan fingerprint density at radius 2 is 1.73 bits per heavy atom. The molecular weight excluding hydrogens is 474 g/mol. The highest BCUT2D eigenvalue weighted by Gasteiger charge is 2.47. The first-order valence-electron chi connectivity index (χ1n) is 12.1. The summed E-state index contributed by atoms with van der Waals surface area (Å²) in [6.45, 7) is 3.33. The van der Waals surface area contributed by atoms with Gasteiger partial charge < -0.3 is 24.1 Å². The van der Waals surface area contributed by atoms with E-state index in [4.69, 9.17) is 18.9 Å². The number of fused-ring (bicyclic) bond motifs is 1. The molecule has 1 fully saturated rings. The zero-order valence-corrected chi connectivity index (χ0v) is 20.6. The highest BCUT2D eigenvalue weighted by Crippen LogP contribution is 2.44. The summed E-state index contributed by atoms with van der Waals surface area (Å²) in [6, 6.07) is 18.1. The molecule has 37 heavy (non-hydrogen) atoms. The molecule has 3 aromatic carbocycles. The number of aliphatic hydroxyl groups is 1. The number of nitrogens with zero attached hydrogens (tertiary/aromatic N) is 1. The monoisotopic (exact) mass is 501 g/mol. The van der Waals surface area contributed by atoms with Gasteiger partial charge in [-0.3, -0.25) is 14.5 Å². The van der Waals surface area contributed by atoms with Crippen LogP contribution in [0, 0.1) is 0 Å². The minimum absolute atomic E-state index is 0.0326. The number of rotatable bonds is 7. The van der Waals surface area contributed by atoms with Crippen molar-refractivity contribution in [3.05, 3.63) is 83.4 Å². The van der Waals surface area contributed by atoms with Gasteiger partial charge in [-0.1, -0.05) is 25.1 Å². The minimum atomic E-state index is -0.898. The maximum absolute atomic E-state index is 13.5. The topological polar surface area (TPSA) is 94.5 Å². The molecule has 1 amide bonds. The molecule has 8 nitrogen and oxygen atoms in total. The molecule has 0 aliphatic carbocycles. The Morgan fingerprint density at radius 3 is 2.51 bits per heavy atom. The molecule has 190 valence electrons. The van der Waals surface area contributed by atoms with Gasteiger partial charge in [0.15, 0.2) is 11.5 Å². The standard InChI is InChI=1S/C29H27NO7/c1-3-12-35-22-9-5-7-20(17-22)30-26(18-6-4-8-21(15-18)34-2)25(28(32)29(30)33)27(31)19-10-11-23-24(16-19)37-14-13-36-23/h4-11,15-17,26,31H,3,12-14H2,1-2H3/b27-25-. The molecule has 0 bridgehead atoms. The number of Topliss-reactive ketones (excluding diaryl/α,β-unsaturated/α-hetero) is 1. The number of amides is 1. The molecular formula is C29H27NO7. The van der Waals surface area contributed by atoms with Crippen molar-refractivity contribution < 1.29 is 33.6 Å². The van der Waals surface area contributed by atoms with Gasteiger partial charge in [-0.2, -0.15) is 0 Å². The van der Waals surface area contributed by atoms with E-state index in [1.807, 2.05) is 6.92 Å². The van der Waals surface area contributed by atoms with E-state index in [9.17, 15) is 14.7 Å². The van der Waals surface area contributed by atoms with Crippen LogP contribution in [-0.4, -0.2) is 43.7 Å². The molecule has 2 aliphatic rings. The van der Waals surface area contributed by atoms with Crippen LogP contribution < -0.4 is 23.8 Å². The van der Waals surface area contributed by atoms with Gasteiger partial charge in [-0.25, -0.2) is 0 Å². The van der Waals surface area contributed by atoms with Gasteiger partial charge in [-0.15, -0.1) is 0 Å². The molecule has 8 heteroatoms. The molecule has 0 radical (unpaired) electrons. The maximum Gasteiger partial charge on any atom is 0.300 e. The first-order chi connectivity index (χ1) is 18.0. The highest BCUT2D eigenvalue weighted by molar-refractivity contribution is 6.51. The highest BCUT2D eigenvalue weighted by atomic mass is 16.6. The molecule has 0 saturated carbocycles. The summed E-state index contributed by atoms with van der Waals surface area (Å²) >= 11 is 0. The fraction of sp³-hybridized carbons (Fsp3) is 0.241. The van der Waals surface area contributed by atoms with Crippen molar-refractivity contribution in [2.24, 2.45) is 0 Å². The molecule has 1 unspecified atom stereocenters. The summed E-state index contributed by atoms with van der Waals surface area (Å²) in [5.74, 6) is 0.309. The molecule has 1 N–H and O–H groups in total. The van der Waals surface area contributed by atoms with Crippen LogP contribution in [0.1, 0.15) is 30.5 Å². The molecule has 3 aromatic rings. The summed E-state index contributed by atoms with van der Waals surface area (Å²) in [5.41, 5.74) is 1.40. The van der Waals surface area contributed by atoms with Gasteiger partial charge >= 0.3 is 0 Å². The summed E-state index contributed by atoms with van der Waals surface area (Å²) < 4.78 is 22.4. The first kappa shape index (κ1) is 24.2. The summed E-state index contributed by atoms with van der Waals surface area (Å²) in [5, 5.41) is 11.4. The lowest BCUT2D eigenvalue weighted by Crippen LogP contribution is -2.29. The maximum atomic E-state index is 13.5. The third-order valence-electron chi connectivity index (χ3n) is 6.24. The second kappa shape index (κ2) is 10.3. The van der Waals surface area contributed by atoms with Crippen LogP contribution in [0.5, 0.6) is 23.0 Å². The van der Waals surface area contributed by atoms with Crippen LogP contribution in [0.4, 0.5) is 5.69 Å². The van der Waals surface area contributed by atoms with Gasteiger partial charge in [0.25, 0.3) is 11.7 Å². The fourth-order valence-corrected chi connectivity index (χ4v) is 4.52. The summed E-state index contributed by atoms with van der Waals surface area (Å²) in [7, 11) is 1.54. The Balaban J connectivity index is 1.66. The number of hydrogen-bond acceptors (Lipinski definition) is 7. The van der Waals surface area contributed by atoms with Crippen LogP contribution in [0.25, 0.3) is 5.76 Å². The van der Waals surface area contributed by atoms with Crippen molar-refractivity contribution in [3.63, 3.8) is 0 Å². The lowest BCUT2D eigenvalue weighted by atomic mass is 9.94. The number of ketones is 1. The van der Waals surface area contributed by atoms with Crippen LogP contribution in [-0.2, 0) is 9.59 Å². The normalized spacial score (nSPS) is 18.1. The Morgan fingerprint density at radius 1 is 0.973 bits per heavy atom. The second-order valence-corrected chi connectivity index (χ2v) is 8.65. The smallest absolute Gasteiger partial charge is 0.300 e. The Kier molecular flexibility index (Phi) is 6.72. The van der Waals surface area contributed by atoms with Gasteiger partial charge in [0, 0.05) is 17.3 Å². The number of anilines is 1. The Labute approximate surface area is 214 Å². The third kappa shape index (κ3) is 4.58. The molecule has 5 rings (SSSR count). The average Bonchev–Trinajstić information content (AvgIpc) is 3.21. The van der Waals surface area contributed by atoms with E-state index in [0.29, 0.717) is 59.6 Å². The van der Waals surface area contributed by atoms with Crippen LogP contribution in [0.15, 0.2) is 72.3 Å². The fourth-order valence-electron chi connectivity index (χ4n) is 4.52. The van der Waals surface area contributed by atoms with Crippen molar-refractivity contribution in [1.29, 1.82) is 0 Å². The van der Waals surface area contributed by atoms with Gasteiger partial charge in [0.2, 0.25) is 0 Å². The molecule has 2 aliphatic heterocycles. The van der Waals surface area contributed by atoms with Crippen molar-refractivity contribution in [1.82, 2.24) is 0 Å². The minimum Gasteiger partial charge on any atom is -0.507 e. The largest absolute Gasteiger partial charge is 0.507 e. The van der Waals surface area contributed by atoms with Crippen molar-refractivity contribution >= 4 is 23.1 Å². The number of carbonyl (C=O) groups excluding carboxylic acids is 2. The number of aliphatic hydroxyl groups excluding tert-OH is 1. The van der Waals surface area contributed by atoms with Crippen molar-refractivity contribution in [2.75, 3.05) is 31.8 Å². The molecule has 0 spiro atoms. The van der Waals surface area contributed by atoms with Crippen molar-refractivity contribution in [3.8, 4) is 23.0 Å². The van der Waals surface area contributed by atoms with E-state index in [-0.39, 0.29) is 11.3 Å². The molecule has 2 heterocycles. The number of methoxy groups -OCH3 is 1. The summed E-state index contributed by atoms with van der Waals surface area (Å²) in [4.78, 5) is 28.3. The Hall–Kier alpha value is -4.46. The lowest BCUT2D eigenvalue weighted by molar-refractivity contribution is -0.132. The molecule has 1 atom stereocenters. The van der Waals surface area contributed by atoms with Crippen LogP contribution in [0.3, 0.4) is 0 Å². The Bertz CT molecular complexity index is 1380. The predicted molar refractivity (Wildman–Crippen MR) is 137 cm³/mol. The van der Waals surface area contributed by atoms with E-state index in [1.165, 1.54) is 4.90 Å². The second-order valence-electron chi connectivity index (χ2n) is 8.65. The lowest BCUT2D eigenvalue weighted by Gasteiger charge is -2.26. The van der Waals surface area contributed by atoms with E-state index in [1.54, 1.807) is 73.8 Å². The van der Waals surface area contributed by atoms with Gasteiger partial charge in [0.1, 0.15) is 30.5 Å². The van der Waals surface area contributed by atoms with Gasteiger partial charge in [-0.05, 0) is 54.4 Å². The van der Waals surface area contributed by atoms with E-state index < -0.39 is 17.7 Å². The number of benzene rings is 3. The van der Waals surface area contributed by atoms with Crippen LogP contribution >= 0.6 is 0 Å². The first-order valence-corrected chi connectivity index (χ1v) is 12.1. The number of ether oxygens (including phenoxy) is 4. The number of hydrogen-bond donors (Lipinski definition) is 1. The molecule has 1 saturated heterocycles. The quantitative estimate of drug-likeness (QED) is 0.280.